The van der Waals surface area contributed by atoms with Crippen LogP contribution in [-0.2, 0) is 11.3 Å². The summed E-state index contributed by atoms with van der Waals surface area (Å²) in [6, 6.07) is 7.24. The van der Waals surface area contributed by atoms with Crippen molar-refractivity contribution in [3.8, 4) is 11.4 Å². The molecule has 1 fully saturated rings. The van der Waals surface area contributed by atoms with Gasteiger partial charge in [0.2, 0.25) is 0 Å². The number of anilines is 1. The van der Waals surface area contributed by atoms with Gasteiger partial charge in [-0.25, -0.2) is 14.4 Å². The summed E-state index contributed by atoms with van der Waals surface area (Å²) in [5, 5.41) is 9.25. The van der Waals surface area contributed by atoms with Gasteiger partial charge >= 0.3 is 5.97 Å². The van der Waals surface area contributed by atoms with Crippen molar-refractivity contribution in [3.63, 3.8) is 0 Å². The van der Waals surface area contributed by atoms with Gasteiger partial charge in [-0.05, 0) is 24.9 Å². The third kappa shape index (κ3) is 3.76. The highest BCUT2D eigenvalue weighted by atomic mass is 19.1. The lowest BCUT2D eigenvalue weighted by molar-refractivity contribution is -0.142. The Hall–Kier alpha value is -2.54. The van der Waals surface area contributed by atoms with Gasteiger partial charge in [-0.2, -0.15) is 0 Å². The minimum Gasteiger partial charge on any atom is -0.480 e. The summed E-state index contributed by atoms with van der Waals surface area (Å²) >= 11 is 0. The lowest BCUT2D eigenvalue weighted by Crippen LogP contribution is -2.35. The number of halogens is 1. The van der Waals surface area contributed by atoms with Crippen LogP contribution >= 0.6 is 0 Å². The maximum Gasteiger partial charge on any atom is 0.320 e. The van der Waals surface area contributed by atoms with Crippen LogP contribution < -0.4 is 4.90 Å². The van der Waals surface area contributed by atoms with E-state index in [0.29, 0.717) is 18.8 Å². The largest absolute Gasteiger partial charge is 0.480 e. The van der Waals surface area contributed by atoms with Crippen molar-refractivity contribution in [2.45, 2.75) is 25.4 Å². The Morgan fingerprint density at radius 3 is 2.72 bits per heavy atom. The number of aliphatic carboxylic acids is 1. The molecular formula is C18H21FN4O2. The molecule has 1 saturated heterocycles. The van der Waals surface area contributed by atoms with Crippen molar-refractivity contribution in [2.24, 2.45) is 0 Å². The molecule has 0 radical (unpaired) electrons. The van der Waals surface area contributed by atoms with Crippen LogP contribution in [0.1, 0.15) is 18.4 Å². The monoisotopic (exact) mass is 344 g/mol. The van der Waals surface area contributed by atoms with E-state index in [-0.39, 0.29) is 5.82 Å². The first-order chi connectivity index (χ1) is 12.0. The van der Waals surface area contributed by atoms with E-state index in [0.717, 1.165) is 24.1 Å². The number of carboxylic acids is 1. The quantitative estimate of drug-likeness (QED) is 0.898. The zero-order valence-corrected chi connectivity index (χ0v) is 14.3. The van der Waals surface area contributed by atoms with Gasteiger partial charge in [0.05, 0.1) is 6.20 Å². The third-order valence-electron chi connectivity index (χ3n) is 4.40. The molecular weight excluding hydrogens is 323 g/mol. The van der Waals surface area contributed by atoms with E-state index in [4.69, 9.17) is 0 Å². The highest BCUT2D eigenvalue weighted by Gasteiger charge is 2.30. The fraction of sp³-hybridized carbons (Fsp3) is 0.389. The van der Waals surface area contributed by atoms with Crippen LogP contribution in [0.5, 0.6) is 0 Å². The molecule has 0 bridgehead atoms. The second-order valence-electron chi connectivity index (χ2n) is 6.42. The third-order valence-corrected chi connectivity index (χ3v) is 4.40. The Labute approximate surface area is 145 Å². The molecule has 0 aliphatic carbocycles. The Bertz CT molecular complexity index is 764. The molecule has 1 atom stereocenters. The molecule has 132 valence electrons. The predicted octanol–water partition coefficient (Wildman–Crippen LogP) is 2.40. The number of benzene rings is 1. The molecule has 25 heavy (non-hydrogen) atoms. The lowest BCUT2D eigenvalue weighted by atomic mass is 10.1. The average molecular weight is 344 g/mol. The lowest BCUT2D eigenvalue weighted by Gasteiger charge is -2.21. The summed E-state index contributed by atoms with van der Waals surface area (Å²) in [5.74, 6) is -0.513. The van der Waals surface area contributed by atoms with Gasteiger partial charge in [0.15, 0.2) is 17.5 Å². The summed E-state index contributed by atoms with van der Waals surface area (Å²) in [6.07, 6.45) is 2.78. The molecule has 2 aromatic rings. The van der Waals surface area contributed by atoms with Gasteiger partial charge in [0, 0.05) is 26.2 Å². The number of carboxylic acid groups (broad SMARTS) is 1. The van der Waals surface area contributed by atoms with Crippen molar-refractivity contribution in [2.75, 3.05) is 25.5 Å². The van der Waals surface area contributed by atoms with Gasteiger partial charge in [0.1, 0.15) is 6.04 Å². The smallest absolute Gasteiger partial charge is 0.320 e. The zero-order chi connectivity index (χ0) is 18.0. The Kier molecular flexibility index (Phi) is 4.94. The minimum absolute atomic E-state index is 0.246. The predicted molar refractivity (Wildman–Crippen MR) is 92.8 cm³/mol. The number of likely N-dealkylation sites (tertiary alicyclic amines) is 1. The van der Waals surface area contributed by atoms with Gasteiger partial charge in [-0.1, -0.05) is 24.3 Å². The van der Waals surface area contributed by atoms with Gasteiger partial charge in [-0.3, -0.25) is 9.69 Å². The molecule has 7 heteroatoms. The van der Waals surface area contributed by atoms with Gasteiger partial charge in [-0.15, -0.1) is 0 Å². The van der Waals surface area contributed by atoms with Crippen molar-refractivity contribution in [1.29, 1.82) is 0 Å². The van der Waals surface area contributed by atoms with E-state index in [9.17, 15) is 14.3 Å². The maximum absolute atomic E-state index is 13.7. The van der Waals surface area contributed by atoms with Crippen LogP contribution in [0.25, 0.3) is 11.4 Å². The average Bonchev–Trinajstić information content (AvgIpc) is 3.04. The Morgan fingerprint density at radius 2 is 2.08 bits per heavy atom. The highest BCUT2D eigenvalue weighted by Crippen LogP contribution is 2.23. The van der Waals surface area contributed by atoms with Gasteiger partial charge in [0.25, 0.3) is 0 Å². The highest BCUT2D eigenvalue weighted by molar-refractivity contribution is 5.73. The molecule has 2 heterocycles. The first kappa shape index (κ1) is 17.3. The molecule has 0 amide bonds. The number of rotatable bonds is 5. The Balaban J connectivity index is 1.76. The topological polar surface area (TPSA) is 69.6 Å². The summed E-state index contributed by atoms with van der Waals surface area (Å²) in [7, 11) is 3.46. The van der Waals surface area contributed by atoms with E-state index in [1.165, 1.54) is 6.20 Å². The number of carbonyl (C=O) groups is 1. The minimum atomic E-state index is -0.759. The molecule has 0 saturated carbocycles. The molecule has 1 N–H and O–H groups in total. The summed E-state index contributed by atoms with van der Waals surface area (Å²) in [5.41, 5.74) is 1.83. The molecule has 1 aromatic heterocycles. The summed E-state index contributed by atoms with van der Waals surface area (Å²) in [6.45, 7) is 1.40. The number of aromatic nitrogens is 2. The van der Waals surface area contributed by atoms with Crippen LogP contribution in [0.15, 0.2) is 30.5 Å². The van der Waals surface area contributed by atoms with E-state index >= 15 is 0 Å². The molecule has 1 aromatic carbocycles. The molecule has 1 aliphatic heterocycles. The van der Waals surface area contributed by atoms with E-state index in [2.05, 4.69) is 9.97 Å². The fourth-order valence-electron chi connectivity index (χ4n) is 3.10. The normalized spacial score (nSPS) is 17.6. The van der Waals surface area contributed by atoms with Gasteiger partial charge < -0.3 is 10.0 Å². The molecule has 0 spiro atoms. The van der Waals surface area contributed by atoms with Crippen molar-refractivity contribution < 1.29 is 14.3 Å². The van der Waals surface area contributed by atoms with Crippen molar-refractivity contribution >= 4 is 11.8 Å². The number of nitrogens with zero attached hydrogens (tertiary/aromatic N) is 4. The van der Waals surface area contributed by atoms with Crippen molar-refractivity contribution in [3.05, 3.63) is 41.8 Å². The van der Waals surface area contributed by atoms with E-state index < -0.39 is 17.8 Å². The maximum atomic E-state index is 13.7. The summed E-state index contributed by atoms with van der Waals surface area (Å²) < 4.78 is 13.7. The SMILES string of the molecule is CN(C)c1nc(-c2ccc(CN3CCC[C@H]3C(=O)O)cc2)ncc1F. The molecule has 6 nitrogen and oxygen atoms in total. The first-order valence-corrected chi connectivity index (χ1v) is 8.21. The van der Waals surface area contributed by atoms with Crippen LogP contribution in [0.4, 0.5) is 10.2 Å². The number of hydrogen-bond donors (Lipinski definition) is 1. The standard InChI is InChI=1S/C18H21FN4O2/c1-22(2)17-14(19)10-20-16(21-17)13-7-5-12(6-8-13)11-23-9-3-4-15(23)18(24)25/h5-8,10,15H,3-4,9,11H2,1-2H3,(H,24,25)/t15-/m0/s1. The van der Waals surface area contributed by atoms with Crippen molar-refractivity contribution in [1.82, 2.24) is 14.9 Å². The first-order valence-electron chi connectivity index (χ1n) is 8.21. The Morgan fingerprint density at radius 1 is 1.36 bits per heavy atom. The van der Waals surface area contributed by atoms with E-state index in [1.807, 2.05) is 29.2 Å². The summed E-state index contributed by atoms with van der Waals surface area (Å²) in [4.78, 5) is 23.2. The second kappa shape index (κ2) is 7.14. The zero-order valence-electron chi connectivity index (χ0n) is 14.3. The number of hydrogen-bond acceptors (Lipinski definition) is 5. The van der Waals surface area contributed by atoms with Crippen LogP contribution in [-0.4, -0.2) is 52.6 Å². The molecule has 1 aliphatic rings. The van der Waals surface area contributed by atoms with Crippen LogP contribution in [0.3, 0.4) is 0 Å². The van der Waals surface area contributed by atoms with E-state index in [1.54, 1.807) is 19.0 Å². The fourth-order valence-corrected chi connectivity index (χ4v) is 3.10. The second-order valence-corrected chi connectivity index (χ2v) is 6.42. The van der Waals surface area contributed by atoms with Crippen LogP contribution in [0.2, 0.25) is 0 Å². The van der Waals surface area contributed by atoms with Crippen LogP contribution in [0, 0.1) is 5.82 Å². The molecule has 3 rings (SSSR count). The molecule has 0 unspecified atom stereocenters.